The highest BCUT2D eigenvalue weighted by molar-refractivity contribution is 5.83. The quantitative estimate of drug-likeness (QED) is 0.0298. The number of nitrogens with two attached hydrogens (primary N) is 4. The molecule has 144 heavy (non-hydrogen) atoms. The fourth-order valence-corrected chi connectivity index (χ4v) is 19.1. The molecule has 12 aromatic heterocycles. The van der Waals surface area contributed by atoms with E-state index in [1.165, 1.54) is 25.1 Å². The third kappa shape index (κ3) is 20.0. The molecule has 0 spiro atoms. The second kappa shape index (κ2) is 40.8. The largest absolute Gasteiger partial charge is 0.467 e. The molecule has 738 valence electrons. The summed E-state index contributed by atoms with van der Waals surface area (Å²) < 4.78 is 43.4. The van der Waals surface area contributed by atoms with Crippen LogP contribution in [-0.4, -0.2) is 237 Å². The molecule has 1 unspecified atom stereocenters. The highest BCUT2D eigenvalue weighted by atomic mass is 16.5. The number of ether oxygens (including phenoxy) is 3. The third-order valence-electron chi connectivity index (χ3n) is 28.5. The van der Waals surface area contributed by atoms with Gasteiger partial charge in [0, 0.05) is 143 Å². The van der Waals surface area contributed by atoms with Gasteiger partial charge in [0.1, 0.15) is 30.1 Å². The zero-order valence-electron chi connectivity index (χ0n) is 80.6. The number of nitrogen functional groups attached to an aromatic ring is 4. The van der Waals surface area contributed by atoms with Gasteiger partial charge >= 0.3 is 5.97 Å². The number of methoxy groups -OCH3 is 1. The molecule has 4 aromatic carbocycles. The second-order valence-corrected chi connectivity index (χ2v) is 38.3. The summed E-state index contributed by atoms with van der Waals surface area (Å²) in [4.78, 5) is 104. The van der Waals surface area contributed by atoms with Gasteiger partial charge in [-0.3, -0.25) is 28.5 Å². The van der Waals surface area contributed by atoms with E-state index in [1.54, 1.807) is 116 Å². The fourth-order valence-electron chi connectivity index (χ4n) is 19.1. The summed E-state index contributed by atoms with van der Waals surface area (Å²) in [6.45, 7) is 14.2. The predicted octanol–water partition coefficient (Wildman–Crippen LogP) is 12.5. The molecule has 3 aliphatic heterocycles. The van der Waals surface area contributed by atoms with E-state index in [1.807, 2.05) is 27.9 Å². The molecule has 4 saturated carbocycles. The molecule has 1 atom stereocenters. The maximum absolute atomic E-state index is 12.8. The number of piperazine rings is 1. The summed E-state index contributed by atoms with van der Waals surface area (Å²) in [7, 11) is 3.14. The van der Waals surface area contributed by atoms with Crippen LogP contribution in [0.4, 0.5) is 29.6 Å². The zero-order chi connectivity index (χ0) is 99.3. The Kier molecular flexibility index (Phi) is 27.0. The van der Waals surface area contributed by atoms with E-state index in [2.05, 4.69) is 200 Å². The molecule has 42 heteroatoms. The Balaban J connectivity index is 0.000000117. The minimum atomic E-state index is -0.949. The van der Waals surface area contributed by atoms with Crippen LogP contribution in [0.15, 0.2) is 214 Å². The molecule has 7 fully saturated rings. The summed E-state index contributed by atoms with van der Waals surface area (Å²) in [6, 6.07) is 34.2. The van der Waals surface area contributed by atoms with E-state index in [-0.39, 0.29) is 82.4 Å². The minimum Gasteiger partial charge on any atom is -0.467 e. The van der Waals surface area contributed by atoms with Crippen LogP contribution in [0.3, 0.4) is 0 Å². The van der Waals surface area contributed by atoms with Crippen LogP contribution in [0, 0.1) is 0 Å². The third-order valence-corrected chi connectivity index (χ3v) is 28.5. The first-order valence-electron chi connectivity index (χ1n) is 48.3. The summed E-state index contributed by atoms with van der Waals surface area (Å²) in [5.41, 5.74) is 35.4. The molecule has 4 aliphatic carbocycles. The Hall–Kier alpha value is -16.2. The monoisotopic (exact) mass is 1940 g/mol. The van der Waals surface area contributed by atoms with E-state index in [0.717, 1.165) is 195 Å². The van der Waals surface area contributed by atoms with Crippen molar-refractivity contribution >= 4 is 47.4 Å². The number of carbonyl (C=O) groups excluding carboxylic acids is 3. The number of nitrogens with zero attached hydrogens (tertiary/aromatic N) is 27. The second-order valence-electron chi connectivity index (χ2n) is 38.3. The van der Waals surface area contributed by atoms with Crippen molar-refractivity contribution in [2.75, 3.05) is 95.0 Å². The molecular formula is C102H110N32O10. The van der Waals surface area contributed by atoms with Crippen molar-refractivity contribution in [3.05, 3.63) is 242 Å². The molecule has 15 heterocycles. The number of carbonyl (C=O) groups is 3. The molecule has 16 aromatic rings. The molecule has 42 nitrogen and oxygen atoms in total. The number of anilines is 5. The number of nitrogens with one attached hydrogen (secondary N) is 1. The number of aromatic nitrogens is 24. The van der Waals surface area contributed by atoms with Crippen molar-refractivity contribution in [3.63, 3.8) is 0 Å². The van der Waals surface area contributed by atoms with Gasteiger partial charge in [-0.1, -0.05) is 143 Å². The molecule has 23 rings (SSSR count). The number of hydrogen-bond donors (Lipinski definition) is 5. The lowest BCUT2D eigenvalue weighted by molar-refractivity contribution is -0.144. The molecule has 2 amide bonds. The number of benzene rings is 4. The number of esters is 1. The lowest BCUT2D eigenvalue weighted by Crippen LogP contribution is -2.51. The van der Waals surface area contributed by atoms with Crippen LogP contribution in [0.1, 0.15) is 169 Å². The van der Waals surface area contributed by atoms with Crippen molar-refractivity contribution < 1.29 is 46.7 Å². The van der Waals surface area contributed by atoms with E-state index in [0.29, 0.717) is 89.6 Å². The topological polar surface area (TPSA) is 543 Å². The zero-order valence-corrected chi connectivity index (χ0v) is 80.6. The summed E-state index contributed by atoms with van der Waals surface area (Å²) >= 11 is 0. The van der Waals surface area contributed by atoms with Crippen molar-refractivity contribution in [2.45, 2.75) is 176 Å². The van der Waals surface area contributed by atoms with Crippen molar-refractivity contribution in [1.82, 2.24) is 134 Å². The van der Waals surface area contributed by atoms with Crippen LogP contribution in [-0.2, 0) is 63.3 Å². The summed E-state index contributed by atoms with van der Waals surface area (Å²) in [5, 5.41) is 33.6. The first-order valence-corrected chi connectivity index (χ1v) is 48.3. The summed E-state index contributed by atoms with van der Waals surface area (Å²) in [5.74, 6) is 5.41. The van der Waals surface area contributed by atoms with E-state index < -0.39 is 11.5 Å². The van der Waals surface area contributed by atoms with Gasteiger partial charge in [-0.25, -0.2) is 54.6 Å². The smallest absolute Gasteiger partial charge is 0.330 e. The minimum absolute atomic E-state index is 0.0243. The van der Waals surface area contributed by atoms with Gasteiger partial charge in [0.25, 0.3) is 23.6 Å². The Morgan fingerprint density at radius 3 is 1.16 bits per heavy atom. The van der Waals surface area contributed by atoms with Crippen molar-refractivity contribution in [2.24, 2.45) is 0 Å². The Morgan fingerprint density at radius 1 is 0.444 bits per heavy atom. The SMILES string of the molecule is CC(C)N1CCN(C(=O)Cn2cc(-c3nc(C4(c5ccc(-c6cnc(N)nc6)cc5)CCC4)no3)cn2)CC1.CN(CC1CCCO1)C(=O)Cn1cc(-c2nc(C3(c4ccc(-c5cnc(N)nc5)cc4)CCC3)no2)cn1.COC(=O)C(C)(C)Nc1cnc(-c2nc(C3(c4ccc(-c5cnc(N)nc5)cc4)CCC3)no2)cn1.Nc1ncc(-c2ccc(C3(c4noc(-c5cnn(C6COC6)c5)n4)CCC3)cc2)cn1. The number of rotatable bonds is 27. The van der Waals surface area contributed by atoms with Crippen LogP contribution >= 0.6 is 0 Å². The van der Waals surface area contributed by atoms with Crippen LogP contribution < -0.4 is 28.3 Å². The lowest BCUT2D eigenvalue weighted by atomic mass is 9.64. The van der Waals surface area contributed by atoms with Gasteiger partial charge in [-0.05, 0) is 136 Å². The van der Waals surface area contributed by atoms with E-state index in [9.17, 15) is 14.4 Å². The summed E-state index contributed by atoms with van der Waals surface area (Å²) in [6.07, 6.45) is 41.6. The Morgan fingerprint density at radius 2 is 0.819 bits per heavy atom. The molecule has 0 bridgehead atoms. The van der Waals surface area contributed by atoms with Gasteiger partial charge in [0.15, 0.2) is 23.3 Å². The van der Waals surface area contributed by atoms with Crippen molar-refractivity contribution in [1.29, 1.82) is 0 Å². The number of hydrogen-bond acceptors (Lipinski definition) is 37. The Bertz CT molecular complexity index is 7090. The van der Waals surface area contributed by atoms with E-state index in [4.69, 9.17) is 70.2 Å². The van der Waals surface area contributed by atoms with Crippen molar-refractivity contribution in [3.8, 4) is 90.5 Å². The van der Waals surface area contributed by atoms with Crippen LogP contribution in [0.5, 0.6) is 0 Å². The number of likely N-dealkylation sites (N-methyl/N-ethyl adjacent to an activating group) is 1. The maximum Gasteiger partial charge on any atom is 0.330 e. The first-order chi connectivity index (χ1) is 69.9. The molecule has 9 N–H and O–H groups in total. The number of amides is 2. The van der Waals surface area contributed by atoms with Gasteiger partial charge in [-0.15, -0.1) is 0 Å². The van der Waals surface area contributed by atoms with Gasteiger partial charge in [0.2, 0.25) is 35.6 Å². The van der Waals surface area contributed by atoms with Crippen LogP contribution in [0.2, 0.25) is 0 Å². The standard InChI is InChI=1S/C28H33N9O2.C27H30N8O3.C25H26N8O3.C22H21N7O2/c1-19(2)35-10-12-36(13-11-35)24(38)18-37-17-22(16-32-37)25-33-26(34-39-25)28(8-3-9-28)23-6-4-20(5-7-23)21-14-30-27(29)31-15-21;1-34(16-22-4-2-11-37-22)23(36)17-35-15-20(14-31-35)24-32-25(33-38-24)27(9-3-10-27)21-7-5-18(6-8-21)19-12-29-26(28)30-13-19;1-24(2,22(34)35-3)32-19-14-27-18(13-28-19)20-31-21(33-36-20)25(9-4-10-25)17-7-5-15(6-8-17)16-11-29-23(26)30-12-16;23-21-24-8-15(9-25-21)14-2-4-17(5-3-14)22(6-1-7-22)20-27-19(31-28-20)16-10-26-29(11-16)18-12-30-13-18/h4-7,14-17,19H,3,8-13,18H2,1-2H3,(H2,29,30,31);5-8,12-15,22H,2-4,9-11,16-17H2,1H3,(H2,28,29,30);5-8,11-14H,4,9-10H2,1-3H3,(H,28,32)(H2,26,29,30);2-5,8-11,18H,1,6-7,12-13H2,(H2,23,24,25). The highest BCUT2D eigenvalue weighted by Crippen LogP contribution is 2.53. The molecule has 3 saturated heterocycles. The van der Waals surface area contributed by atoms with E-state index >= 15 is 0 Å². The highest BCUT2D eigenvalue weighted by Gasteiger charge is 2.49. The van der Waals surface area contributed by atoms with Gasteiger partial charge < -0.3 is 70.4 Å². The predicted molar refractivity (Wildman–Crippen MR) is 527 cm³/mol. The average Bonchev–Trinajstić information content (AvgIpc) is 1.47. The average molecular weight is 1940 g/mol. The maximum atomic E-state index is 12.8. The Labute approximate surface area is 827 Å². The first kappa shape index (κ1) is 95.3. The lowest BCUT2D eigenvalue weighted by Gasteiger charge is -2.39. The molecular weight excluding hydrogens is 1830 g/mol. The fraction of sp³-hybridized carbons (Fsp3) is 0.373. The van der Waals surface area contributed by atoms with Gasteiger partial charge in [-0.2, -0.15) is 35.2 Å². The molecule has 0 radical (unpaired) electrons. The van der Waals surface area contributed by atoms with Crippen LogP contribution in [0.25, 0.3) is 90.5 Å². The normalized spacial score (nSPS) is 17.0. The molecule has 7 aliphatic rings. The van der Waals surface area contributed by atoms with Gasteiger partial charge in [0.05, 0.1) is 102 Å².